The lowest BCUT2D eigenvalue weighted by atomic mass is 10.1. The van der Waals surface area contributed by atoms with Crippen molar-refractivity contribution in [3.63, 3.8) is 0 Å². The van der Waals surface area contributed by atoms with E-state index in [1.165, 1.54) is 5.69 Å². The third-order valence-electron chi connectivity index (χ3n) is 7.25. The number of hydrogen-bond donors (Lipinski definition) is 2. The number of aromatic nitrogens is 4. The van der Waals surface area contributed by atoms with E-state index >= 15 is 0 Å². The highest BCUT2D eigenvalue weighted by Crippen LogP contribution is 2.28. The van der Waals surface area contributed by atoms with E-state index in [0.29, 0.717) is 17.2 Å². The predicted molar refractivity (Wildman–Crippen MR) is 156 cm³/mol. The van der Waals surface area contributed by atoms with Crippen LogP contribution in [0.1, 0.15) is 36.7 Å². The van der Waals surface area contributed by atoms with E-state index in [0.717, 1.165) is 59.4 Å². The molecule has 1 aliphatic rings. The van der Waals surface area contributed by atoms with Gasteiger partial charge in [0.15, 0.2) is 0 Å². The molecular weight excluding hydrogens is 484 g/mol. The van der Waals surface area contributed by atoms with Gasteiger partial charge >= 0.3 is 0 Å². The zero-order valence-corrected chi connectivity index (χ0v) is 22.4. The molecule has 1 aliphatic heterocycles. The Morgan fingerprint density at radius 3 is 2.46 bits per heavy atom. The molecule has 8 heteroatoms. The van der Waals surface area contributed by atoms with Crippen LogP contribution in [0.15, 0.2) is 60.9 Å². The van der Waals surface area contributed by atoms with Crippen LogP contribution in [0.4, 0.5) is 17.3 Å². The fourth-order valence-electron chi connectivity index (χ4n) is 5.08. The lowest BCUT2D eigenvalue weighted by Crippen LogP contribution is -2.44. The number of benzene rings is 2. The highest BCUT2D eigenvalue weighted by atomic mass is 15.2. The number of para-hydroxylation sites is 1. The summed E-state index contributed by atoms with van der Waals surface area (Å²) in [6.07, 6.45) is 3.76. The van der Waals surface area contributed by atoms with Crippen molar-refractivity contribution in [1.82, 2.24) is 24.4 Å². The first-order valence-corrected chi connectivity index (χ1v) is 13.2. The van der Waals surface area contributed by atoms with Crippen molar-refractivity contribution in [1.29, 1.82) is 5.26 Å². The van der Waals surface area contributed by atoms with Gasteiger partial charge in [0.25, 0.3) is 0 Å². The Morgan fingerprint density at radius 2 is 1.72 bits per heavy atom. The summed E-state index contributed by atoms with van der Waals surface area (Å²) in [6, 6.07) is 18.8. The van der Waals surface area contributed by atoms with Gasteiger partial charge in [0, 0.05) is 66.9 Å². The molecule has 8 nitrogen and oxygen atoms in total. The van der Waals surface area contributed by atoms with Crippen LogP contribution in [0, 0.1) is 23.2 Å². The minimum atomic E-state index is 0.200. The number of rotatable bonds is 4. The quantitative estimate of drug-likeness (QED) is 0.318. The van der Waals surface area contributed by atoms with E-state index in [-0.39, 0.29) is 6.04 Å². The molecule has 4 heterocycles. The number of hydrogen-bond acceptors (Lipinski definition) is 6. The van der Waals surface area contributed by atoms with Crippen LogP contribution in [-0.4, -0.2) is 57.6 Å². The molecule has 6 rings (SSSR count). The molecular formula is C31H30N8. The number of nitrogens with zero attached hydrogens (tertiary/aromatic N) is 6. The molecule has 2 N–H and O–H groups in total. The number of anilines is 3. The normalized spacial score (nSPS) is 14.0. The Balaban J connectivity index is 1.32. The summed E-state index contributed by atoms with van der Waals surface area (Å²) < 4.78 is 2.11. The minimum absolute atomic E-state index is 0.200. The van der Waals surface area contributed by atoms with E-state index in [4.69, 9.17) is 4.98 Å². The number of fused-ring (bicyclic) bond motifs is 2. The van der Waals surface area contributed by atoms with E-state index < -0.39 is 0 Å². The summed E-state index contributed by atoms with van der Waals surface area (Å²) in [7, 11) is 2.17. The van der Waals surface area contributed by atoms with Crippen LogP contribution in [-0.2, 0) is 0 Å². The molecule has 39 heavy (non-hydrogen) atoms. The van der Waals surface area contributed by atoms with Crippen LogP contribution in [0.25, 0.3) is 21.9 Å². The van der Waals surface area contributed by atoms with Crippen LogP contribution < -0.4 is 10.2 Å². The first-order chi connectivity index (χ1) is 19.0. The molecule has 5 aromatic rings. The van der Waals surface area contributed by atoms with Gasteiger partial charge in [0.2, 0.25) is 5.95 Å². The van der Waals surface area contributed by atoms with Gasteiger partial charge in [-0.05, 0) is 63.2 Å². The summed E-state index contributed by atoms with van der Waals surface area (Å²) in [4.78, 5) is 17.4. The van der Waals surface area contributed by atoms with Crippen LogP contribution in [0.5, 0.6) is 0 Å². The molecule has 2 aromatic carbocycles. The van der Waals surface area contributed by atoms with E-state index in [9.17, 15) is 5.26 Å². The second kappa shape index (κ2) is 10.2. The largest absolute Gasteiger partial charge is 0.369 e. The van der Waals surface area contributed by atoms with E-state index in [2.05, 4.69) is 92.7 Å². The molecule has 194 valence electrons. The highest BCUT2D eigenvalue weighted by molar-refractivity contribution is 5.91. The van der Waals surface area contributed by atoms with Crippen molar-refractivity contribution < 1.29 is 0 Å². The fourth-order valence-corrected chi connectivity index (χ4v) is 5.08. The van der Waals surface area contributed by atoms with E-state index in [1.807, 2.05) is 36.7 Å². The van der Waals surface area contributed by atoms with Crippen molar-refractivity contribution in [3.8, 4) is 17.9 Å². The van der Waals surface area contributed by atoms with Crippen LogP contribution in [0.3, 0.4) is 0 Å². The Labute approximate surface area is 227 Å². The zero-order valence-electron chi connectivity index (χ0n) is 22.4. The number of aromatic amines is 1. The first-order valence-electron chi connectivity index (χ1n) is 13.2. The van der Waals surface area contributed by atoms with Gasteiger partial charge in [-0.1, -0.05) is 18.1 Å². The van der Waals surface area contributed by atoms with E-state index in [1.54, 1.807) is 0 Å². The summed E-state index contributed by atoms with van der Waals surface area (Å²) in [5.41, 5.74) is 5.98. The Bertz CT molecular complexity index is 1750. The average Bonchev–Trinajstić information content (AvgIpc) is 3.58. The zero-order chi connectivity index (χ0) is 26.9. The topological polar surface area (TPSA) is 88.8 Å². The molecule has 0 saturated carbocycles. The number of piperazine rings is 1. The summed E-state index contributed by atoms with van der Waals surface area (Å²) in [6.45, 7) is 8.43. The predicted octanol–water partition coefficient (Wildman–Crippen LogP) is 5.26. The molecule has 0 amide bonds. The van der Waals surface area contributed by atoms with Crippen molar-refractivity contribution in [2.75, 3.05) is 43.4 Å². The molecule has 0 spiro atoms. The van der Waals surface area contributed by atoms with Crippen molar-refractivity contribution in [3.05, 3.63) is 77.7 Å². The maximum absolute atomic E-state index is 9.64. The standard InChI is InChI=1S/C31H30N8/c1-21(2)39-20-23(19-32)26-6-4-5-22(29(26)39)7-12-28-27-13-14-33-30(27)36-31(35-28)34-24-8-10-25(11-9-24)38-17-15-37(3)16-18-38/h4-6,8-11,13-14,20-21H,15-18H2,1-3H3,(H2,33,34,35,36). The molecule has 3 aromatic heterocycles. The molecule has 0 atom stereocenters. The van der Waals surface area contributed by atoms with Gasteiger partial charge in [-0.3, -0.25) is 0 Å². The monoisotopic (exact) mass is 514 g/mol. The van der Waals surface area contributed by atoms with Crippen LogP contribution >= 0.6 is 0 Å². The van der Waals surface area contributed by atoms with Crippen molar-refractivity contribution >= 4 is 39.3 Å². The van der Waals surface area contributed by atoms with Gasteiger partial charge < -0.3 is 24.7 Å². The molecule has 1 saturated heterocycles. The molecule has 0 aliphatic carbocycles. The number of H-pyrrole nitrogens is 1. The molecule has 1 fully saturated rings. The maximum atomic E-state index is 9.64. The summed E-state index contributed by atoms with van der Waals surface area (Å²) in [5.74, 6) is 7.11. The number of nitrogens with one attached hydrogen (secondary N) is 2. The molecule has 0 bridgehead atoms. The summed E-state index contributed by atoms with van der Waals surface area (Å²) in [5, 5.41) is 14.8. The number of likely N-dealkylation sites (N-methyl/N-ethyl adjacent to an activating group) is 1. The maximum Gasteiger partial charge on any atom is 0.230 e. The molecule has 0 unspecified atom stereocenters. The Hall–Kier alpha value is -4.79. The van der Waals surface area contributed by atoms with Gasteiger partial charge in [0.05, 0.1) is 16.5 Å². The first kappa shape index (κ1) is 24.5. The van der Waals surface area contributed by atoms with Gasteiger partial charge in [0.1, 0.15) is 17.4 Å². The Morgan fingerprint density at radius 1 is 0.923 bits per heavy atom. The minimum Gasteiger partial charge on any atom is -0.369 e. The third kappa shape index (κ3) is 4.79. The average molecular weight is 515 g/mol. The Kier molecular flexibility index (Phi) is 6.40. The lowest BCUT2D eigenvalue weighted by molar-refractivity contribution is 0.313. The second-order valence-electron chi connectivity index (χ2n) is 10.2. The molecule has 0 radical (unpaired) electrons. The smallest absolute Gasteiger partial charge is 0.230 e. The van der Waals surface area contributed by atoms with Crippen molar-refractivity contribution in [2.24, 2.45) is 0 Å². The third-order valence-corrected chi connectivity index (χ3v) is 7.25. The van der Waals surface area contributed by atoms with Gasteiger partial charge in [-0.2, -0.15) is 10.2 Å². The van der Waals surface area contributed by atoms with Gasteiger partial charge in [-0.15, -0.1) is 0 Å². The van der Waals surface area contributed by atoms with Crippen LogP contribution in [0.2, 0.25) is 0 Å². The van der Waals surface area contributed by atoms with Gasteiger partial charge in [-0.25, -0.2) is 4.98 Å². The fraction of sp³-hybridized carbons (Fsp3) is 0.258. The summed E-state index contributed by atoms with van der Waals surface area (Å²) >= 11 is 0. The SMILES string of the molecule is CC(C)n1cc(C#N)c2cccc(C#Cc3nc(Nc4ccc(N5CCN(C)CC5)cc4)nc4[nH]ccc34)c21. The number of nitriles is 1. The lowest BCUT2D eigenvalue weighted by Gasteiger charge is -2.34. The van der Waals surface area contributed by atoms with Crippen molar-refractivity contribution in [2.45, 2.75) is 19.9 Å². The second-order valence-corrected chi connectivity index (χ2v) is 10.2. The highest BCUT2D eigenvalue weighted by Gasteiger charge is 2.15.